The summed E-state index contributed by atoms with van der Waals surface area (Å²) in [6, 6.07) is 43.3. The molecular weight excluding hydrogens is 484 g/mol. The largest absolute Gasteiger partial charge is 0.344 e. The predicted molar refractivity (Wildman–Crippen MR) is 175 cm³/mol. The van der Waals surface area contributed by atoms with E-state index < -0.39 is 0 Å². The normalized spacial score (nSPS) is 11.9. The fourth-order valence-corrected chi connectivity index (χ4v) is 5.67. The Hall–Kier alpha value is -5.08. The van der Waals surface area contributed by atoms with Gasteiger partial charge in [-0.15, -0.1) is 0 Å². The number of hydrogen-bond donors (Lipinski definition) is 0. The Kier molecular flexibility index (Phi) is 6.91. The molecule has 0 spiro atoms. The topological polar surface area (TPSA) is 6.48 Å². The first kappa shape index (κ1) is 25.2. The molecule has 194 valence electrons. The SMILES string of the molecule is C=C/C=C(\C=C/C)N(c1ccccc1)c1cc2c3ccccc3c(N(C)c3ccccc3)cc2c2ccccc12. The van der Waals surface area contributed by atoms with Crippen LogP contribution in [0.4, 0.5) is 22.7 Å². The van der Waals surface area contributed by atoms with Crippen LogP contribution in [0.25, 0.3) is 32.3 Å². The van der Waals surface area contributed by atoms with Crippen LogP contribution >= 0.6 is 0 Å². The van der Waals surface area contributed by atoms with Gasteiger partial charge in [0.05, 0.1) is 5.69 Å². The van der Waals surface area contributed by atoms with Crippen molar-refractivity contribution >= 4 is 55.1 Å². The molecule has 0 radical (unpaired) electrons. The molecular formula is C38H32N2. The lowest BCUT2D eigenvalue weighted by atomic mass is 9.93. The molecule has 0 aromatic heterocycles. The van der Waals surface area contributed by atoms with E-state index in [-0.39, 0.29) is 0 Å². The molecule has 0 amide bonds. The van der Waals surface area contributed by atoms with Gasteiger partial charge in [-0.25, -0.2) is 0 Å². The Morgan fingerprint density at radius 1 is 0.575 bits per heavy atom. The summed E-state index contributed by atoms with van der Waals surface area (Å²) in [5.41, 5.74) is 5.64. The molecule has 0 bridgehead atoms. The third kappa shape index (κ3) is 4.44. The van der Waals surface area contributed by atoms with E-state index in [2.05, 4.69) is 170 Å². The van der Waals surface area contributed by atoms with Crippen molar-refractivity contribution in [1.82, 2.24) is 0 Å². The minimum absolute atomic E-state index is 1.05. The summed E-state index contributed by atoms with van der Waals surface area (Å²) in [6.07, 6.45) is 8.15. The highest BCUT2D eigenvalue weighted by atomic mass is 15.1. The van der Waals surface area contributed by atoms with Crippen LogP contribution in [0.15, 0.2) is 158 Å². The van der Waals surface area contributed by atoms with E-state index in [0.717, 1.165) is 22.8 Å². The monoisotopic (exact) mass is 516 g/mol. The molecule has 6 aromatic rings. The summed E-state index contributed by atoms with van der Waals surface area (Å²) in [4.78, 5) is 4.62. The minimum Gasteiger partial charge on any atom is -0.344 e. The standard InChI is InChI=1S/C38H32N2/c1-4-16-29(17-5-2)40(30-20-10-7-11-21-30)38-27-36-31-22-12-14-24-33(31)37(39(3)28-18-8-6-9-19-28)26-35(36)32-23-13-15-25-34(32)38/h4-27H,1H2,2-3H3/b17-5-,29-16+. The molecule has 0 aliphatic carbocycles. The molecule has 0 unspecified atom stereocenters. The van der Waals surface area contributed by atoms with Crippen molar-refractivity contribution in [2.24, 2.45) is 0 Å². The van der Waals surface area contributed by atoms with Crippen LogP contribution in [0.1, 0.15) is 6.92 Å². The molecule has 0 aliphatic rings. The van der Waals surface area contributed by atoms with Crippen molar-refractivity contribution in [3.05, 3.63) is 158 Å². The van der Waals surface area contributed by atoms with Crippen molar-refractivity contribution < 1.29 is 0 Å². The van der Waals surface area contributed by atoms with Gasteiger partial charge in [0.15, 0.2) is 0 Å². The number of fused-ring (bicyclic) bond motifs is 5. The first-order valence-corrected chi connectivity index (χ1v) is 13.7. The first-order valence-electron chi connectivity index (χ1n) is 13.7. The van der Waals surface area contributed by atoms with Gasteiger partial charge in [-0.05, 0) is 77.0 Å². The van der Waals surface area contributed by atoms with E-state index in [0.29, 0.717) is 0 Å². The van der Waals surface area contributed by atoms with Gasteiger partial charge in [0.2, 0.25) is 0 Å². The number of para-hydroxylation sites is 2. The molecule has 0 atom stereocenters. The Labute approximate surface area is 236 Å². The predicted octanol–water partition coefficient (Wildman–Crippen LogP) is 10.7. The van der Waals surface area contributed by atoms with Gasteiger partial charge < -0.3 is 9.80 Å². The first-order chi connectivity index (χ1) is 19.7. The van der Waals surface area contributed by atoms with Crippen LogP contribution in [-0.4, -0.2) is 7.05 Å². The second-order valence-electron chi connectivity index (χ2n) is 9.87. The van der Waals surface area contributed by atoms with Crippen LogP contribution in [0.3, 0.4) is 0 Å². The average Bonchev–Trinajstić information content (AvgIpc) is 3.02. The van der Waals surface area contributed by atoms with Crippen LogP contribution < -0.4 is 9.80 Å². The molecule has 0 saturated carbocycles. The van der Waals surface area contributed by atoms with Crippen LogP contribution in [0.2, 0.25) is 0 Å². The third-order valence-electron chi connectivity index (χ3n) is 7.48. The highest BCUT2D eigenvalue weighted by molar-refractivity contribution is 6.24. The van der Waals surface area contributed by atoms with Crippen LogP contribution in [-0.2, 0) is 0 Å². The second-order valence-corrected chi connectivity index (χ2v) is 9.87. The van der Waals surface area contributed by atoms with Gasteiger partial charge in [-0.2, -0.15) is 0 Å². The molecule has 6 aromatic carbocycles. The Bertz CT molecular complexity index is 1880. The lowest BCUT2D eigenvalue weighted by Gasteiger charge is -2.29. The molecule has 0 heterocycles. The van der Waals surface area contributed by atoms with Gasteiger partial charge in [0, 0.05) is 40.6 Å². The van der Waals surface area contributed by atoms with Gasteiger partial charge in [0.25, 0.3) is 0 Å². The number of rotatable bonds is 7. The number of benzene rings is 6. The van der Waals surface area contributed by atoms with E-state index in [1.54, 1.807) is 0 Å². The zero-order valence-corrected chi connectivity index (χ0v) is 23.0. The van der Waals surface area contributed by atoms with Crippen molar-refractivity contribution in [1.29, 1.82) is 0 Å². The van der Waals surface area contributed by atoms with Crippen LogP contribution in [0, 0.1) is 0 Å². The number of anilines is 4. The number of nitrogens with zero attached hydrogens (tertiary/aromatic N) is 2. The molecule has 6 rings (SSSR count). The molecule has 40 heavy (non-hydrogen) atoms. The minimum atomic E-state index is 1.05. The van der Waals surface area contributed by atoms with Crippen molar-refractivity contribution in [3.63, 3.8) is 0 Å². The lowest BCUT2D eigenvalue weighted by Crippen LogP contribution is -2.15. The van der Waals surface area contributed by atoms with Gasteiger partial charge >= 0.3 is 0 Å². The molecule has 0 N–H and O–H groups in total. The fourth-order valence-electron chi connectivity index (χ4n) is 5.67. The summed E-state index contributed by atoms with van der Waals surface area (Å²) < 4.78 is 0. The van der Waals surface area contributed by atoms with E-state index in [1.807, 2.05) is 6.08 Å². The lowest BCUT2D eigenvalue weighted by molar-refractivity contribution is 1.22. The zero-order valence-electron chi connectivity index (χ0n) is 23.0. The maximum absolute atomic E-state index is 4.02. The van der Waals surface area contributed by atoms with Gasteiger partial charge in [-0.3, -0.25) is 0 Å². The third-order valence-corrected chi connectivity index (χ3v) is 7.48. The van der Waals surface area contributed by atoms with Gasteiger partial charge in [0.1, 0.15) is 0 Å². The summed E-state index contributed by atoms with van der Waals surface area (Å²) in [5.74, 6) is 0. The van der Waals surface area contributed by atoms with Crippen LogP contribution in [0.5, 0.6) is 0 Å². The smallest absolute Gasteiger partial charge is 0.0546 e. The average molecular weight is 517 g/mol. The highest BCUT2D eigenvalue weighted by Gasteiger charge is 2.20. The molecule has 0 aliphatic heterocycles. The summed E-state index contributed by atoms with van der Waals surface area (Å²) >= 11 is 0. The van der Waals surface area contributed by atoms with Gasteiger partial charge in [-0.1, -0.05) is 104 Å². The van der Waals surface area contributed by atoms with Crippen molar-refractivity contribution in [2.45, 2.75) is 6.92 Å². The van der Waals surface area contributed by atoms with Crippen molar-refractivity contribution in [3.8, 4) is 0 Å². The number of hydrogen-bond acceptors (Lipinski definition) is 2. The highest BCUT2D eigenvalue weighted by Crippen LogP contribution is 2.44. The summed E-state index contributed by atoms with van der Waals surface area (Å²) in [5, 5.41) is 7.35. The Morgan fingerprint density at radius 3 is 1.60 bits per heavy atom. The van der Waals surface area contributed by atoms with E-state index in [9.17, 15) is 0 Å². The van der Waals surface area contributed by atoms with Crippen molar-refractivity contribution in [2.75, 3.05) is 16.8 Å². The Morgan fingerprint density at radius 2 is 1.05 bits per heavy atom. The van der Waals surface area contributed by atoms with E-state index in [4.69, 9.17) is 0 Å². The molecule has 2 nitrogen and oxygen atoms in total. The quantitative estimate of drug-likeness (QED) is 0.154. The van der Waals surface area contributed by atoms with E-state index >= 15 is 0 Å². The summed E-state index contributed by atoms with van der Waals surface area (Å²) in [7, 11) is 2.15. The maximum atomic E-state index is 4.02. The summed E-state index contributed by atoms with van der Waals surface area (Å²) in [6.45, 7) is 6.07. The fraction of sp³-hybridized carbons (Fsp3) is 0.0526. The number of allylic oxidation sites excluding steroid dienone is 4. The van der Waals surface area contributed by atoms with E-state index in [1.165, 1.54) is 38.0 Å². The Balaban J connectivity index is 1.72. The maximum Gasteiger partial charge on any atom is 0.0546 e. The molecule has 2 heteroatoms. The zero-order chi connectivity index (χ0) is 27.5. The second kappa shape index (κ2) is 11.0. The molecule has 0 fully saturated rings. The molecule has 0 saturated heterocycles.